The highest BCUT2D eigenvalue weighted by molar-refractivity contribution is 7.13. The molecule has 0 aliphatic carbocycles. The van der Waals surface area contributed by atoms with Gasteiger partial charge >= 0.3 is 5.97 Å². The molecule has 0 atom stereocenters. The van der Waals surface area contributed by atoms with E-state index in [9.17, 15) is 4.79 Å². The Kier molecular flexibility index (Phi) is 4.45. The Morgan fingerprint density at radius 2 is 2.26 bits per heavy atom. The van der Waals surface area contributed by atoms with Crippen LogP contribution in [0.4, 0.5) is 5.13 Å². The van der Waals surface area contributed by atoms with Gasteiger partial charge in [0.25, 0.3) is 0 Å². The third-order valence-corrected chi connectivity index (χ3v) is 5.29. The Balaban J connectivity index is 1.98. The molecule has 2 heterocycles. The average Bonchev–Trinajstić information content (AvgIpc) is 3.03. The molecule has 4 nitrogen and oxygen atoms in total. The maximum Gasteiger partial charge on any atom is 0.303 e. The number of rotatable bonds is 6. The van der Waals surface area contributed by atoms with Gasteiger partial charge in [0, 0.05) is 24.9 Å². The molecule has 106 valence electrons. The van der Waals surface area contributed by atoms with Gasteiger partial charge in [-0.2, -0.15) is 0 Å². The Hall–Kier alpha value is -1.10. The van der Waals surface area contributed by atoms with E-state index in [1.165, 1.54) is 19.3 Å². The lowest BCUT2D eigenvalue weighted by atomic mass is 9.82. The lowest BCUT2D eigenvalue weighted by Crippen LogP contribution is -2.26. The normalized spacial score (nSPS) is 17.9. The second-order valence-electron chi connectivity index (χ2n) is 5.39. The summed E-state index contributed by atoms with van der Waals surface area (Å²) in [6.07, 6.45) is 4.38. The van der Waals surface area contributed by atoms with Crippen molar-refractivity contribution in [2.24, 2.45) is 5.41 Å². The van der Waals surface area contributed by atoms with Crippen LogP contribution < -0.4 is 4.90 Å². The predicted octanol–water partition coefficient (Wildman–Crippen LogP) is 3.18. The summed E-state index contributed by atoms with van der Waals surface area (Å²) in [5.74, 6) is -0.758. The maximum absolute atomic E-state index is 10.6. The van der Waals surface area contributed by atoms with E-state index in [-0.39, 0.29) is 6.42 Å². The van der Waals surface area contributed by atoms with Crippen LogP contribution in [0.1, 0.15) is 45.2 Å². The van der Waals surface area contributed by atoms with Gasteiger partial charge in [-0.1, -0.05) is 13.8 Å². The Morgan fingerprint density at radius 1 is 1.53 bits per heavy atom. The van der Waals surface area contributed by atoms with Crippen LogP contribution in [-0.2, 0) is 11.2 Å². The van der Waals surface area contributed by atoms with Gasteiger partial charge in [-0.3, -0.25) is 4.79 Å². The number of aliphatic carboxylic acids is 1. The van der Waals surface area contributed by atoms with Gasteiger partial charge in [-0.25, -0.2) is 4.98 Å². The van der Waals surface area contributed by atoms with E-state index in [2.05, 4.69) is 23.7 Å². The van der Waals surface area contributed by atoms with Crippen LogP contribution in [-0.4, -0.2) is 29.1 Å². The van der Waals surface area contributed by atoms with Crippen LogP contribution in [0.2, 0.25) is 0 Å². The molecule has 5 heteroatoms. The van der Waals surface area contributed by atoms with Crippen molar-refractivity contribution >= 4 is 22.4 Å². The molecule has 0 spiro atoms. The van der Waals surface area contributed by atoms with E-state index < -0.39 is 5.97 Å². The molecule has 2 rings (SSSR count). The minimum absolute atomic E-state index is 0.164. The summed E-state index contributed by atoms with van der Waals surface area (Å²) >= 11 is 1.64. The molecule has 1 aliphatic rings. The quantitative estimate of drug-likeness (QED) is 0.870. The van der Waals surface area contributed by atoms with Gasteiger partial charge in [0.2, 0.25) is 0 Å². The molecule has 1 fully saturated rings. The summed E-state index contributed by atoms with van der Waals surface area (Å²) in [6, 6.07) is 0. The molecule has 1 saturated heterocycles. The molecular weight excluding hydrogens is 260 g/mol. The van der Waals surface area contributed by atoms with Crippen molar-refractivity contribution in [1.29, 1.82) is 0 Å². The summed E-state index contributed by atoms with van der Waals surface area (Å²) in [4.78, 5) is 17.5. The highest BCUT2D eigenvalue weighted by atomic mass is 32.1. The number of aromatic nitrogens is 1. The fourth-order valence-corrected chi connectivity index (χ4v) is 3.60. The van der Waals surface area contributed by atoms with Crippen LogP contribution in [0.5, 0.6) is 0 Å². The molecule has 0 saturated carbocycles. The van der Waals surface area contributed by atoms with Crippen LogP contribution >= 0.6 is 11.3 Å². The number of aryl methyl sites for hydroxylation is 1. The highest BCUT2D eigenvalue weighted by Gasteiger charge is 2.35. The van der Waals surface area contributed by atoms with Crippen LogP contribution in [0.25, 0.3) is 0 Å². The Labute approximate surface area is 118 Å². The number of hydrogen-bond donors (Lipinski definition) is 1. The largest absolute Gasteiger partial charge is 0.481 e. The first-order valence-electron chi connectivity index (χ1n) is 7.00. The lowest BCUT2D eigenvalue weighted by Gasteiger charge is -2.26. The van der Waals surface area contributed by atoms with E-state index >= 15 is 0 Å². The van der Waals surface area contributed by atoms with E-state index in [1.807, 2.05) is 5.38 Å². The third-order valence-electron chi connectivity index (χ3n) is 4.34. The first-order chi connectivity index (χ1) is 9.08. The fourth-order valence-electron chi connectivity index (χ4n) is 2.72. The van der Waals surface area contributed by atoms with Crippen molar-refractivity contribution < 1.29 is 9.90 Å². The van der Waals surface area contributed by atoms with Crippen molar-refractivity contribution in [3.8, 4) is 0 Å². The average molecular weight is 282 g/mol. The summed E-state index contributed by atoms with van der Waals surface area (Å²) in [5.41, 5.74) is 1.36. The Morgan fingerprint density at radius 3 is 2.84 bits per heavy atom. The zero-order valence-corrected chi connectivity index (χ0v) is 12.5. The second-order valence-corrected chi connectivity index (χ2v) is 6.23. The van der Waals surface area contributed by atoms with Gasteiger partial charge in [0.15, 0.2) is 5.13 Å². The number of nitrogens with zero attached hydrogens (tertiary/aromatic N) is 2. The van der Waals surface area contributed by atoms with Gasteiger partial charge < -0.3 is 10.0 Å². The summed E-state index contributed by atoms with van der Waals surface area (Å²) in [5, 5.41) is 11.7. The Bertz CT molecular complexity index is 440. The molecule has 1 N–H and O–H groups in total. The highest BCUT2D eigenvalue weighted by Crippen LogP contribution is 2.39. The number of hydrogen-bond acceptors (Lipinski definition) is 4. The fraction of sp³-hybridized carbons (Fsp3) is 0.714. The van der Waals surface area contributed by atoms with E-state index in [4.69, 9.17) is 5.11 Å². The van der Waals surface area contributed by atoms with E-state index in [0.717, 1.165) is 23.9 Å². The van der Waals surface area contributed by atoms with Gasteiger partial charge in [-0.15, -0.1) is 11.3 Å². The number of anilines is 1. The maximum atomic E-state index is 10.6. The molecule has 1 aliphatic heterocycles. The monoisotopic (exact) mass is 282 g/mol. The van der Waals surface area contributed by atoms with Gasteiger partial charge in [-0.05, 0) is 24.7 Å². The van der Waals surface area contributed by atoms with Crippen molar-refractivity contribution in [1.82, 2.24) is 4.98 Å². The number of carboxylic acids is 1. The standard InChI is InChI=1S/C14H22N2O2S/c1-3-14(4-2)7-8-16(10-14)13-15-11(9-19-13)5-6-12(17)18/h9H,3-8,10H2,1-2H3,(H,17,18). The molecule has 0 radical (unpaired) electrons. The zero-order valence-electron chi connectivity index (χ0n) is 11.7. The predicted molar refractivity (Wildman–Crippen MR) is 77.9 cm³/mol. The molecule has 1 aromatic rings. The molecule has 19 heavy (non-hydrogen) atoms. The van der Waals surface area contributed by atoms with Crippen molar-refractivity contribution in [3.63, 3.8) is 0 Å². The van der Waals surface area contributed by atoms with Crippen LogP contribution in [0, 0.1) is 5.41 Å². The van der Waals surface area contributed by atoms with Crippen molar-refractivity contribution in [3.05, 3.63) is 11.1 Å². The first kappa shape index (κ1) is 14.3. The SMILES string of the molecule is CCC1(CC)CCN(c2nc(CCC(=O)O)cs2)C1. The lowest BCUT2D eigenvalue weighted by molar-refractivity contribution is -0.136. The van der Waals surface area contributed by atoms with Crippen LogP contribution in [0.3, 0.4) is 0 Å². The van der Waals surface area contributed by atoms with E-state index in [1.54, 1.807) is 11.3 Å². The van der Waals surface area contributed by atoms with Gasteiger partial charge in [0.1, 0.15) is 0 Å². The first-order valence-corrected chi connectivity index (χ1v) is 7.87. The topological polar surface area (TPSA) is 53.4 Å². The van der Waals surface area contributed by atoms with Crippen molar-refractivity contribution in [2.75, 3.05) is 18.0 Å². The molecular formula is C14H22N2O2S. The number of carboxylic acid groups (broad SMARTS) is 1. The third kappa shape index (κ3) is 3.26. The zero-order chi connectivity index (χ0) is 13.9. The second kappa shape index (κ2) is 5.90. The molecule has 1 aromatic heterocycles. The van der Waals surface area contributed by atoms with E-state index in [0.29, 0.717) is 11.8 Å². The van der Waals surface area contributed by atoms with Crippen LogP contribution in [0.15, 0.2) is 5.38 Å². The van der Waals surface area contributed by atoms with Gasteiger partial charge in [0.05, 0.1) is 12.1 Å². The molecule has 0 aromatic carbocycles. The smallest absolute Gasteiger partial charge is 0.303 e. The summed E-state index contributed by atoms with van der Waals surface area (Å²) < 4.78 is 0. The molecule has 0 unspecified atom stereocenters. The number of thiazole rings is 1. The van der Waals surface area contributed by atoms with Crippen molar-refractivity contribution in [2.45, 2.75) is 46.0 Å². The number of carbonyl (C=O) groups is 1. The summed E-state index contributed by atoms with van der Waals surface area (Å²) in [7, 11) is 0. The minimum Gasteiger partial charge on any atom is -0.481 e. The molecule has 0 amide bonds. The minimum atomic E-state index is -0.758. The summed E-state index contributed by atoms with van der Waals surface area (Å²) in [6.45, 7) is 6.71. The molecule has 0 bridgehead atoms.